The van der Waals surface area contributed by atoms with Gasteiger partial charge in [-0.25, -0.2) is 15.0 Å². The van der Waals surface area contributed by atoms with E-state index in [0.717, 1.165) is 88.4 Å². The second-order valence-electron chi connectivity index (χ2n) is 14.4. The van der Waals surface area contributed by atoms with E-state index in [2.05, 4.69) is 108 Å². The van der Waals surface area contributed by atoms with Crippen molar-refractivity contribution in [3.05, 3.63) is 182 Å². The zero-order valence-corrected chi connectivity index (χ0v) is 30.4. The van der Waals surface area contributed by atoms with Gasteiger partial charge in [-0.15, -0.1) is 0 Å². The quantitative estimate of drug-likeness (QED) is 0.176. The van der Waals surface area contributed by atoms with Gasteiger partial charge in [0.2, 0.25) is 0 Å². The molecule has 12 aromatic rings. The Morgan fingerprint density at radius 1 is 0.298 bits per heavy atom. The molecule has 0 N–H and O–H groups in total. The van der Waals surface area contributed by atoms with Crippen molar-refractivity contribution in [2.24, 2.45) is 0 Å². The van der Waals surface area contributed by atoms with Crippen molar-refractivity contribution in [1.29, 1.82) is 0 Å². The predicted molar refractivity (Wildman–Crippen MR) is 230 cm³/mol. The fraction of sp³-hybridized carbons (Fsp3) is 0. The minimum absolute atomic E-state index is 0.591. The van der Waals surface area contributed by atoms with E-state index in [1.807, 2.05) is 78.9 Å². The zero-order chi connectivity index (χ0) is 37.5. The highest BCUT2D eigenvalue weighted by Crippen LogP contribution is 2.39. The van der Waals surface area contributed by atoms with Crippen LogP contribution in [0.2, 0.25) is 0 Å². The van der Waals surface area contributed by atoms with E-state index < -0.39 is 0 Å². The first-order valence-corrected chi connectivity index (χ1v) is 19.0. The number of para-hydroxylation sites is 2. The molecule has 0 atom stereocenters. The van der Waals surface area contributed by atoms with E-state index in [1.165, 1.54) is 10.8 Å². The Balaban J connectivity index is 0.965. The highest BCUT2D eigenvalue weighted by Gasteiger charge is 2.18. The Morgan fingerprint density at radius 3 is 1.56 bits per heavy atom. The molecule has 0 amide bonds. The molecule has 0 spiro atoms. The molecule has 0 saturated heterocycles. The molecule has 4 heterocycles. The van der Waals surface area contributed by atoms with Crippen LogP contribution in [-0.2, 0) is 0 Å². The molecular weight excluding hydrogens is 701 g/mol. The third kappa shape index (κ3) is 5.08. The summed E-state index contributed by atoms with van der Waals surface area (Å²) in [6, 6.07) is 62.9. The fourth-order valence-electron chi connectivity index (χ4n) is 8.32. The Kier molecular flexibility index (Phi) is 6.83. The monoisotopic (exact) mass is 730 g/mol. The van der Waals surface area contributed by atoms with Gasteiger partial charge >= 0.3 is 0 Å². The van der Waals surface area contributed by atoms with E-state index >= 15 is 0 Å². The van der Waals surface area contributed by atoms with Crippen molar-refractivity contribution >= 4 is 65.7 Å². The maximum atomic E-state index is 6.65. The summed E-state index contributed by atoms with van der Waals surface area (Å²) in [5.41, 5.74) is 11.7. The number of fused-ring (bicyclic) bond motifs is 9. The lowest BCUT2D eigenvalue weighted by molar-refractivity contribution is 0.668. The number of nitrogens with zero attached hydrogens (tertiary/aromatic N) is 4. The maximum Gasteiger partial charge on any atom is 0.164 e. The van der Waals surface area contributed by atoms with Crippen molar-refractivity contribution < 1.29 is 8.83 Å². The third-order valence-electron chi connectivity index (χ3n) is 11.1. The normalized spacial score (nSPS) is 11.9. The topological polar surface area (TPSA) is 69.9 Å². The molecule has 6 nitrogen and oxygen atoms in total. The molecule has 4 aromatic heterocycles. The average molecular weight is 731 g/mol. The first-order chi connectivity index (χ1) is 28.2. The van der Waals surface area contributed by atoms with Crippen molar-refractivity contribution in [3.8, 4) is 51.0 Å². The van der Waals surface area contributed by atoms with Gasteiger partial charge in [0, 0.05) is 60.8 Å². The Labute approximate surface area is 325 Å². The van der Waals surface area contributed by atoms with Crippen LogP contribution in [-0.4, -0.2) is 19.5 Å². The van der Waals surface area contributed by atoms with Gasteiger partial charge in [0.15, 0.2) is 17.5 Å². The second-order valence-corrected chi connectivity index (χ2v) is 14.4. The first-order valence-electron chi connectivity index (χ1n) is 19.0. The molecule has 0 radical (unpaired) electrons. The fourth-order valence-corrected chi connectivity index (χ4v) is 8.32. The van der Waals surface area contributed by atoms with Gasteiger partial charge in [-0.1, -0.05) is 115 Å². The van der Waals surface area contributed by atoms with Gasteiger partial charge in [0.1, 0.15) is 22.3 Å². The summed E-state index contributed by atoms with van der Waals surface area (Å²) < 4.78 is 15.1. The van der Waals surface area contributed by atoms with Crippen molar-refractivity contribution in [3.63, 3.8) is 0 Å². The number of benzene rings is 8. The smallest absolute Gasteiger partial charge is 0.164 e. The Hall–Kier alpha value is -7.83. The minimum atomic E-state index is 0.591. The summed E-state index contributed by atoms with van der Waals surface area (Å²) in [6.07, 6.45) is 0. The van der Waals surface area contributed by atoms with Crippen molar-refractivity contribution in [2.45, 2.75) is 0 Å². The summed E-state index contributed by atoms with van der Waals surface area (Å²) in [5, 5.41) is 6.73. The zero-order valence-electron chi connectivity index (χ0n) is 30.4. The Bertz CT molecular complexity index is 3470. The van der Waals surface area contributed by atoms with Gasteiger partial charge < -0.3 is 13.4 Å². The van der Waals surface area contributed by atoms with Crippen LogP contribution in [0.3, 0.4) is 0 Å². The van der Waals surface area contributed by atoms with Crippen LogP contribution < -0.4 is 0 Å². The highest BCUT2D eigenvalue weighted by atomic mass is 16.3. The molecule has 0 aliphatic heterocycles. The van der Waals surface area contributed by atoms with Crippen molar-refractivity contribution in [2.75, 3.05) is 0 Å². The maximum absolute atomic E-state index is 6.65. The standard InChI is InChI=1S/C51H30N4O2/c1-3-11-31(12-4-1)49-52-50(32-13-5-2-6-14-32)54-51(53-49)35-19-23-39-40-24-22-36(30-48(40)57-47(39)29-35)55-43-17-9-7-15-37(43)41-27-33(20-25-44(41)55)34-21-26-46-42(28-34)38-16-8-10-18-45(38)56-46/h1-30H. The molecular formula is C51H30N4O2. The summed E-state index contributed by atoms with van der Waals surface area (Å²) in [5.74, 6) is 1.84. The van der Waals surface area contributed by atoms with Gasteiger partial charge in [-0.05, 0) is 71.8 Å². The number of hydrogen-bond donors (Lipinski definition) is 0. The molecule has 266 valence electrons. The number of furan rings is 2. The second kappa shape index (κ2) is 12.3. The summed E-state index contributed by atoms with van der Waals surface area (Å²) in [6.45, 7) is 0. The number of aromatic nitrogens is 4. The molecule has 0 aliphatic carbocycles. The lowest BCUT2D eigenvalue weighted by Gasteiger charge is -2.08. The molecule has 8 aromatic carbocycles. The largest absolute Gasteiger partial charge is 0.456 e. The molecule has 0 unspecified atom stereocenters. The Morgan fingerprint density at radius 2 is 0.807 bits per heavy atom. The summed E-state index contributed by atoms with van der Waals surface area (Å²) in [7, 11) is 0. The van der Waals surface area contributed by atoms with Gasteiger partial charge in [0.05, 0.1) is 11.0 Å². The number of hydrogen-bond acceptors (Lipinski definition) is 5. The first kappa shape index (κ1) is 31.5. The van der Waals surface area contributed by atoms with Crippen LogP contribution in [0.1, 0.15) is 0 Å². The van der Waals surface area contributed by atoms with Crippen molar-refractivity contribution in [1.82, 2.24) is 19.5 Å². The lowest BCUT2D eigenvalue weighted by Crippen LogP contribution is -2.00. The van der Waals surface area contributed by atoms with Crippen LogP contribution >= 0.6 is 0 Å². The van der Waals surface area contributed by atoms with E-state index in [9.17, 15) is 0 Å². The minimum Gasteiger partial charge on any atom is -0.456 e. The van der Waals surface area contributed by atoms with Gasteiger partial charge in [-0.2, -0.15) is 0 Å². The SMILES string of the molecule is c1ccc(-c2nc(-c3ccccc3)nc(-c3ccc4c(c3)oc3cc(-n5c6ccccc6c6cc(-c7ccc8oc9ccccc9c8c7)ccc65)ccc34)n2)cc1. The van der Waals surface area contributed by atoms with Gasteiger partial charge in [-0.3, -0.25) is 0 Å². The third-order valence-corrected chi connectivity index (χ3v) is 11.1. The van der Waals surface area contributed by atoms with Gasteiger partial charge in [0.25, 0.3) is 0 Å². The van der Waals surface area contributed by atoms with Crippen LogP contribution in [0.25, 0.3) is 117 Å². The molecule has 0 saturated carbocycles. The average Bonchev–Trinajstić information content (AvgIpc) is 3.95. The summed E-state index contributed by atoms with van der Waals surface area (Å²) in [4.78, 5) is 14.7. The van der Waals surface area contributed by atoms with E-state index in [1.54, 1.807) is 0 Å². The summed E-state index contributed by atoms with van der Waals surface area (Å²) >= 11 is 0. The van der Waals surface area contributed by atoms with E-state index in [-0.39, 0.29) is 0 Å². The molecule has 12 rings (SSSR count). The van der Waals surface area contributed by atoms with E-state index in [4.69, 9.17) is 23.8 Å². The molecule has 0 aliphatic rings. The van der Waals surface area contributed by atoms with Crippen LogP contribution in [0.5, 0.6) is 0 Å². The molecule has 0 bridgehead atoms. The number of rotatable bonds is 5. The predicted octanol–water partition coefficient (Wildman–Crippen LogP) is 13.4. The molecule has 0 fully saturated rings. The molecule has 6 heteroatoms. The van der Waals surface area contributed by atoms with Crippen LogP contribution in [0.15, 0.2) is 191 Å². The highest BCUT2D eigenvalue weighted by molar-refractivity contribution is 6.12. The molecule has 57 heavy (non-hydrogen) atoms. The van der Waals surface area contributed by atoms with Crippen LogP contribution in [0.4, 0.5) is 0 Å². The lowest BCUT2D eigenvalue weighted by atomic mass is 10.0. The van der Waals surface area contributed by atoms with Crippen LogP contribution in [0, 0.1) is 0 Å². The van der Waals surface area contributed by atoms with E-state index in [0.29, 0.717) is 17.5 Å².